The molecule has 2 aromatic carbocycles. The predicted molar refractivity (Wildman–Crippen MR) is 115 cm³/mol. The van der Waals surface area contributed by atoms with E-state index < -0.39 is 0 Å². The monoisotopic (exact) mass is 433 g/mol. The highest BCUT2D eigenvalue weighted by Crippen LogP contribution is 2.23. The summed E-state index contributed by atoms with van der Waals surface area (Å²) in [6, 6.07) is 16.5. The quantitative estimate of drug-likeness (QED) is 0.476. The molecule has 9 heteroatoms. The van der Waals surface area contributed by atoms with E-state index in [1.165, 1.54) is 16.8 Å². The molecule has 2 aromatic heterocycles. The number of hydrogen-bond acceptors (Lipinski definition) is 6. The van der Waals surface area contributed by atoms with Crippen molar-refractivity contribution in [3.05, 3.63) is 89.6 Å². The van der Waals surface area contributed by atoms with Crippen molar-refractivity contribution in [3.63, 3.8) is 0 Å². The van der Waals surface area contributed by atoms with Crippen molar-refractivity contribution in [1.82, 2.24) is 25.3 Å². The van der Waals surface area contributed by atoms with Gasteiger partial charge in [-0.3, -0.25) is 4.79 Å². The summed E-state index contributed by atoms with van der Waals surface area (Å²) in [5.74, 6) is 1.00. The van der Waals surface area contributed by atoms with Gasteiger partial charge in [0, 0.05) is 24.9 Å². The van der Waals surface area contributed by atoms with Crippen LogP contribution in [0.4, 0.5) is 4.39 Å². The van der Waals surface area contributed by atoms with Gasteiger partial charge in [0.1, 0.15) is 17.3 Å². The number of ether oxygens (including phenoxy) is 2. The van der Waals surface area contributed by atoms with E-state index in [4.69, 9.17) is 9.47 Å². The molecule has 2 heterocycles. The van der Waals surface area contributed by atoms with Crippen molar-refractivity contribution in [2.75, 3.05) is 7.11 Å². The van der Waals surface area contributed by atoms with Crippen LogP contribution in [-0.4, -0.2) is 33.0 Å². The zero-order valence-electron chi connectivity index (χ0n) is 17.4. The van der Waals surface area contributed by atoms with Gasteiger partial charge in [0.25, 0.3) is 5.91 Å². The SMILES string of the molecule is COc1cccc(Oc2ccc(CNC(=O)c3nnn(-c4ccc(F)cc4)c3C)cn2)c1. The van der Waals surface area contributed by atoms with Gasteiger partial charge in [-0.2, -0.15) is 0 Å². The molecule has 0 atom stereocenters. The molecule has 8 nitrogen and oxygen atoms in total. The fraction of sp³-hybridized carbons (Fsp3) is 0.130. The first kappa shape index (κ1) is 21.0. The lowest BCUT2D eigenvalue weighted by atomic mass is 10.2. The summed E-state index contributed by atoms with van der Waals surface area (Å²) in [6.45, 7) is 1.98. The molecule has 0 unspecified atom stereocenters. The molecule has 0 aliphatic carbocycles. The third-order valence-corrected chi connectivity index (χ3v) is 4.70. The Morgan fingerprint density at radius 3 is 2.59 bits per heavy atom. The highest BCUT2D eigenvalue weighted by molar-refractivity contribution is 5.93. The molecule has 0 aliphatic rings. The number of carbonyl (C=O) groups is 1. The summed E-state index contributed by atoms with van der Waals surface area (Å²) in [5, 5.41) is 10.8. The van der Waals surface area contributed by atoms with Gasteiger partial charge in [-0.25, -0.2) is 14.1 Å². The number of amides is 1. The summed E-state index contributed by atoms with van der Waals surface area (Å²) in [5.41, 5.74) is 2.15. The molecule has 0 fully saturated rings. The molecule has 1 N–H and O–H groups in total. The van der Waals surface area contributed by atoms with Crippen molar-refractivity contribution < 1.29 is 18.7 Å². The Morgan fingerprint density at radius 1 is 1.09 bits per heavy atom. The Hall–Kier alpha value is -4.27. The van der Waals surface area contributed by atoms with Crippen molar-refractivity contribution in [3.8, 4) is 23.1 Å². The molecule has 0 radical (unpaired) electrons. The van der Waals surface area contributed by atoms with Crippen LogP contribution in [0.1, 0.15) is 21.7 Å². The van der Waals surface area contributed by atoms with Gasteiger partial charge in [0.15, 0.2) is 5.69 Å². The lowest BCUT2D eigenvalue weighted by Crippen LogP contribution is -2.24. The Labute approximate surface area is 183 Å². The number of aromatic nitrogens is 4. The Morgan fingerprint density at radius 2 is 1.88 bits per heavy atom. The highest BCUT2D eigenvalue weighted by Gasteiger charge is 2.17. The average Bonchev–Trinajstić information content (AvgIpc) is 3.20. The van der Waals surface area contributed by atoms with Gasteiger partial charge in [0.2, 0.25) is 5.88 Å². The van der Waals surface area contributed by atoms with Crippen molar-refractivity contribution in [2.24, 2.45) is 0 Å². The summed E-state index contributed by atoms with van der Waals surface area (Å²) in [4.78, 5) is 16.8. The second-order valence-corrected chi connectivity index (χ2v) is 6.88. The van der Waals surface area contributed by atoms with E-state index in [1.807, 2.05) is 18.2 Å². The van der Waals surface area contributed by atoms with Crippen LogP contribution in [0.15, 0.2) is 66.9 Å². The number of carbonyl (C=O) groups excluding carboxylic acids is 1. The van der Waals surface area contributed by atoms with Gasteiger partial charge in [-0.05, 0) is 48.9 Å². The lowest BCUT2D eigenvalue weighted by molar-refractivity contribution is 0.0945. The number of nitrogens with one attached hydrogen (secondary N) is 1. The first-order valence-electron chi connectivity index (χ1n) is 9.77. The molecular weight excluding hydrogens is 413 g/mol. The minimum absolute atomic E-state index is 0.195. The maximum absolute atomic E-state index is 13.1. The smallest absolute Gasteiger partial charge is 0.274 e. The van der Waals surface area contributed by atoms with E-state index in [-0.39, 0.29) is 24.0 Å². The minimum atomic E-state index is -0.368. The average molecular weight is 433 g/mol. The topological polar surface area (TPSA) is 91.2 Å². The van der Waals surface area contributed by atoms with Crippen LogP contribution in [0.3, 0.4) is 0 Å². The zero-order valence-corrected chi connectivity index (χ0v) is 17.4. The van der Waals surface area contributed by atoms with Crippen LogP contribution in [0, 0.1) is 12.7 Å². The van der Waals surface area contributed by atoms with Crippen molar-refractivity contribution >= 4 is 5.91 Å². The van der Waals surface area contributed by atoms with E-state index in [0.29, 0.717) is 28.8 Å². The maximum Gasteiger partial charge on any atom is 0.274 e. The highest BCUT2D eigenvalue weighted by atomic mass is 19.1. The third-order valence-electron chi connectivity index (χ3n) is 4.70. The number of methoxy groups -OCH3 is 1. The zero-order chi connectivity index (χ0) is 22.5. The molecule has 32 heavy (non-hydrogen) atoms. The van der Waals surface area contributed by atoms with Gasteiger partial charge >= 0.3 is 0 Å². The van der Waals surface area contributed by atoms with Crippen LogP contribution in [0.2, 0.25) is 0 Å². The second kappa shape index (κ2) is 9.25. The van der Waals surface area contributed by atoms with Crippen molar-refractivity contribution in [2.45, 2.75) is 13.5 Å². The maximum atomic E-state index is 13.1. The van der Waals surface area contributed by atoms with E-state index >= 15 is 0 Å². The number of pyridine rings is 1. The molecular formula is C23H20FN5O3. The number of benzene rings is 2. The van der Waals surface area contributed by atoms with Crippen LogP contribution >= 0.6 is 0 Å². The molecule has 0 spiro atoms. The number of rotatable bonds is 7. The fourth-order valence-electron chi connectivity index (χ4n) is 2.99. The second-order valence-electron chi connectivity index (χ2n) is 6.88. The van der Waals surface area contributed by atoms with Crippen LogP contribution in [-0.2, 0) is 6.54 Å². The summed E-state index contributed by atoms with van der Waals surface area (Å²) >= 11 is 0. The van der Waals surface area contributed by atoms with E-state index in [2.05, 4.69) is 20.6 Å². The number of halogens is 1. The molecule has 1 amide bonds. The Kier molecular flexibility index (Phi) is 6.07. The fourth-order valence-corrected chi connectivity index (χ4v) is 2.99. The molecule has 0 bridgehead atoms. The Balaban J connectivity index is 1.37. The number of nitrogens with zero attached hydrogens (tertiary/aromatic N) is 4. The largest absolute Gasteiger partial charge is 0.497 e. The van der Waals surface area contributed by atoms with E-state index in [0.717, 1.165) is 5.56 Å². The lowest BCUT2D eigenvalue weighted by Gasteiger charge is -2.08. The predicted octanol–water partition coefficient (Wildman–Crippen LogP) is 3.84. The van der Waals surface area contributed by atoms with Crippen LogP contribution in [0.25, 0.3) is 5.69 Å². The number of hydrogen-bond donors (Lipinski definition) is 1. The Bertz CT molecular complexity index is 1220. The normalized spacial score (nSPS) is 10.6. The minimum Gasteiger partial charge on any atom is -0.497 e. The van der Waals surface area contributed by atoms with Crippen LogP contribution in [0.5, 0.6) is 17.4 Å². The van der Waals surface area contributed by atoms with Gasteiger partial charge in [-0.15, -0.1) is 5.10 Å². The first-order chi connectivity index (χ1) is 15.5. The van der Waals surface area contributed by atoms with E-state index in [1.54, 1.807) is 50.6 Å². The first-order valence-corrected chi connectivity index (χ1v) is 9.77. The molecule has 0 saturated heterocycles. The molecule has 0 aliphatic heterocycles. The van der Waals surface area contributed by atoms with Gasteiger partial charge in [0.05, 0.1) is 18.5 Å². The van der Waals surface area contributed by atoms with Gasteiger partial charge in [-0.1, -0.05) is 17.3 Å². The third kappa shape index (κ3) is 4.72. The molecule has 4 aromatic rings. The summed E-state index contributed by atoms with van der Waals surface area (Å²) in [6.07, 6.45) is 1.62. The molecule has 0 saturated carbocycles. The van der Waals surface area contributed by atoms with Crippen molar-refractivity contribution in [1.29, 1.82) is 0 Å². The standard InChI is InChI=1S/C23H20FN5O3/c1-15-22(27-28-29(15)18-9-7-17(24)8-10-18)23(30)26-14-16-6-11-21(25-13-16)32-20-5-3-4-19(12-20)31-2/h3-13H,14H2,1-2H3,(H,26,30). The summed E-state index contributed by atoms with van der Waals surface area (Å²) < 4.78 is 25.5. The van der Waals surface area contributed by atoms with E-state index in [9.17, 15) is 9.18 Å². The molecule has 162 valence electrons. The molecule has 4 rings (SSSR count). The van der Waals surface area contributed by atoms with Gasteiger partial charge < -0.3 is 14.8 Å². The summed E-state index contributed by atoms with van der Waals surface area (Å²) in [7, 11) is 1.59. The van der Waals surface area contributed by atoms with Crippen LogP contribution < -0.4 is 14.8 Å².